The molecule has 0 bridgehead atoms. The molecular formula is C84H138O12. The number of hydrogen-bond acceptors (Lipinski definition) is 9. The van der Waals surface area contributed by atoms with Gasteiger partial charge >= 0.3 is 17.9 Å². The zero-order valence-electron chi connectivity index (χ0n) is 61.4. The van der Waals surface area contributed by atoms with Crippen LogP contribution in [0.25, 0.3) is 32.3 Å². The molecule has 0 aromatic heterocycles. The maximum Gasteiger partial charge on any atom is 0.303 e. The lowest BCUT2D eigenvalue weighted by atomic mass is 9.93. The van der Waals surface area contributed by atoms with E-state index in [1.165, 1.54) is 135 Å². The van der Waals surface area contributed by atoms with Crippen molar-refractivity contribution in [1.82, 2.24) is 0 Å². The molecular weight excluding hydrogens is 1200 g/mol. The van der Waals surface area contributed by atoms with Gasteiger partial charge in [0.05, 0.1) is 39.6 Å². The Kier molecular flexibility index (Phi) is 49.2. The molecule has 4 aromatic rings. The van der Waals surface area contributed by atoms with E-state index in [1.807, 2.05) is 0 Å². The Hall–Kier alpha value is -5.13. The van der Waals surface area contributed by atoms with Crippen molar-refractivity contribution < 1.29 is 58.1 Å². The van der Waals surface area contributed by atoms with Gasteiger partial charge in [-0.25, -0.2) is 0 Å². The van der Waals surface area contributed by atoms with Gasteiger partial charge in [-0.15, -0.1) is 0 Å². The average molecular weight is 1340 g/mol. The number of rotatable bonds is 69. The van der Waals surface area contributed by atoms with Gasteiger partial charge in [-0.3, -0.25) is 14.4 Å². The number of carbonyl (C=O) groups is 3. The zero-order valence-corrected chi connectivity index (χ0v) is 61.4. The van der Waals surface area contributed by atoms with Crippen molar-refractivity contribution in [3.63, 3.8) is 0 Å². The minimum absolute atomic E-state index is 0.254. The van der Waals surface area contributed by atoms with Crippen LogP contribution in [-0.2, 0) is 14.4 Å². The molecule has 0 aliphatic heterocycles. The lowest BCUT2D eigenvalue weighted by molar-refractivity contribution is -0.138. The summed E-state index contributed by atoms with van der Waals surface area (Å²) in [4.78, 5) is 33.1. The van der Waals surface area contributed by atoms with E-state index in [0.29, 0.717) is 39.6 Å². The van der Waals surface area contributed by atoms with Gasteiger partial charge in [0.2, 0.25) is 0 Å². The summed E-state index contributed by atoms with van der Waals surface area (Å²) in [6, 6.07) is 13.4. The Bertz CT molecular complexity index is 2300. The van der Waals surface area contributed by atoms with E-state index in [-0.39, 0.29) is 19.3 Å². The number of fused-ring (bicyclic) bond motifs is 6. The molecule has 0 heterocycles. The first-order valence-electron chi connectivity index (χ1n) is 40.1. The summed E-state index contributed by atoms with van der Waals surface area (Å²) in [5.41, 5.74) is 0. The minimum atomic E-state index is -0.709. The van der Waals surface area contributed by atoms with Crippen molar-refractivity contribution in [3.05, 3.63) is 36.4 Å². The van der Waals surface area contributed by atoms with Crippen LogP contribution in [-0.4, -0.2) is 72.9 Å². The zero-order chi connectivity index (χ0) is 68.6. The van der Waals surface area contributed by atoms with E-state index in [4.69, 9.17) is 43.7 Å². The molecule has 12 nitrogen and oxygen atoms in total. The van der Waals surface area contributed by atoms with E-state index in [1.54, 1.807) is 0 Å². The van der Waals surface area contributed by atoms with Crippen molar-refractivity contribution in [1.29, 1.82) is 0 Å². The number of unbranched alkanes of at least 4 members (excludes halogenated alkanes) is 45. The number of aliphatic carboxylic acids is 3. The molecule has 3 N–H and O–H groups in total. The van der Waals surface area contributed by atoms with Crippen molar-refractivity contribution in [3.8, 4) is 34.5 Å². The number of benzene rings is 4. The van der Waals surface area contributed by atoms with E-state index in [2.05, 4.69) is 57.2 Å². The Morgan fingerprint density at radius 1 is 0.208 bits per heavy atom. The predicted molar refractivity (Wildman–Crippen MR) is 401 cm³/mol. The highest BCUT2D eigenvalue weighted by Crippen LogP contribution is 2.47. The van der Waals surface area contributed by atoms with Gasteiger partial charge in [0.15, 0.2) is 34.5 Å². The SMILES string of the molecule is CCCCCCCCCCCOc1cc2c(cc1OCCCCCCCCCCC(=O)O)c1cc(OCCCCCCCCCCC)c(OCCCCCCCCCCC(=O)O)cc1c1cc(OCCCCCCCCCCC)c(OCCCCCCCCCCC(=O)O)cc21. The molecule has 0 amide bonds. The Morgan fingerprint density at radius 2 is 0.333 bits per heavy atom. The molecule has 4 aromatic carbocycles. The number of carboxylic acid groups (broad SMARTS) is 3. The third-order valence-electron chi connectivity index (χ3n) is 19.3. The van der Waals surface area contributed by atoms with Crippen LogP contribution >= 0.6 is 0 Å². The van der Waals surface area contributed by atoms with Crippen molar-refractivity contribution in [2.45, 2.75) is 367 Å². The Balaban J connectivity index is 1.78. The smallest absolute Gasteiger partial charge is 0.303 e. The van der Waals surface area contributed by atoms with Crippen molar-refractivity contribution >= 4 is 50.2 Å². The summed E-state index contributed by atoms with van der Waals surface area (Å²) >= 11 is 0. The number of hydrogen-bond donors (Lipinski definition) is 3. The summed E-state index contributed by atoms with van der Waals surface area (Å²) in [5.74, 6) is 2.43. The summed E-state index contributed by atoms with van der Waals surface area (Å²) in [5, 5.41) is 33.6. The fourth-order valence-electron chi connectivity index (χ4n) is 13.3. The van der Waals surface area contributed by atoms with Crippen LogP contribution in [0.4, 0.5) is 0 Å². The number of ether oxygens (including phenoxy) is 6. The predicted octanol–water partition coefficient (Wildman–Crippen LogP) is 25.8. The Morgan fingerprint density at radius 3 is 0.469 bits per heavy atom. The van der Waals surface area contributed by atoms with Gasteiger partial charge in [-0.1, -0.05) is 290 Å². The van der Waals surface area contributed by atoms with Gasteiger partial charge < -0.3 is 43.7 Å². The first-order valence-corrected chi connectivity index (χ1v) is 40.1. The fourth-order valence-corrected chi connectivity index (χ4v) is 13.3. The van der Waals surface area contributed by atoms with E-state index >= 15 is 0 Å². The second kappa shape index (κ2) is 56.7. The normalized spacial score (nSPS) is 11.5. The highest BCUT2D eigenvalue weighted by atomic mass is 16.5. The molecule has 0 spiro atoms. The van der Waals surface area contributed by atoms with Gasteiger partial charge in [-0.2, -0.15) is 0 Å². The summed E-state index contributed by atoms with van der Waals surface area (Å²) < 4.78 is 41.4. The lowest BCUT2D eigenvalue weighted by Crippen LogP contribution is -2.05. The molecule has 0 radical (unpaired) electrons. The van der Waals surface area contributed by atoms with Gasteiger partial charge in [0.25, 0.3) is 0 Å². The van der Waals surface area contributed by atoms with Crippen LogP contribution in [0.5, 0.6) is 34.5 Å². The average Bonchev–Trinajstić information content (AvgIpc) is 0.729. The van der Waals surface area contributed by atoms with Gasteiger partial charge in [0.1, 0.15) is 0 Å². The van der Waals surface area contributed by atoms with Crippen LogP contribution in [0, 0.1) is 0 Å². The van der Waals surface area contributed by atoms with Crippen LogP contribution in [0.2, 0.25) is 0 Å². The molecule has 96 heavy (non-hydrogen) atoms. The van der Waals surface area contributed by atoms with E-state index in [9.17, 15) is 14.4 Å². The molecule has 0 atom stereocenters. The van der Waals surface area contributed by atoms with E-state index in [0.717, 1.165) is 259 Å². The fraction of sp³-hybridized carbons (Fsp3) is 0.750. The molecule has 4 rings (SSSR count). The third-order valence-corrected chi connectivity index (χ3v) is 19.3. The largest absolute Gasteiger partial charge is 0.490 e. The first-order chi connectivity index (χ1) is 47.2. The standard InChI is InChI=1S/C84H138O12/c1-4-7-10-13-16-22-31-40-49-58-91-76-64-70-73(67-79(76)94-61-52-43-34-25-19-28-37-46-55-82(85)86)71-65-77(92-59-50-41-32-23-17-14-11-8-5-2)81(96-63-54-45-36-27-21-30-39-48-57-84(89)90)69-75(71)72-66-78(93-60-51-42-33-24-18-15-12-9-6-3)80(68-74(70)72)95-62-53-44-35-26-20-29-38-47-56-83(87)88/h64-69H,4-63H2,1-3H3,(H,85,86)(H,87,88)(H,89,90). The highest BCUT2D eigenvalue weighted by molar-refractivity contribution is 6.27. The maximum atomic E-state index is 11.0. The second-order valence-corrected chi connectivity index (χ2v) is 28.0. The highest BCUT2D eigenvalue weighted by Gasteiger charge is 2.21. The monoisotopic (exact) mass is 1340 g/mol. The molecule has 12 heteroatoms. The van der Waals surface area contributed by atoms with Crippen molar-refractivity contribution in [2.24, 2.45) is 0 Å². The molecule has 0 aliphatic rings. The summed E-state index contributed by atoms with van der Waals surface area (Å²) in [6.45, 7) is 10.4. The molecule has 0 saturated carbocycles. The van der Waals surface area contributed by atoms with Crippen LogP contribution < -0.4 is 28.4 Å². The first kappa shape index (κ1) is 83.3. The summed E-state index contributed by atoms with van der Waals surface area (Å²) in [7, 11) is 0. The molecule has 0 saturated heterocycles. The summed E-state index contributed by atoms with van der Waals surface area (Å²) in [6.07, 6.45) is 58.7. The minimum Gasteiger partial charge on any atom is -0.490 e. The second-order valence-electron chi connectivity index (χ2n) is 28.0. The molecule has 0 aliphatic carbocycles. The van der Waals surface area contributed by atoms with E-state index < -0.39 is 17.9 Å². The third kappa shape index (κ3) is 38.9. The van der Waals surface area contributed by atoms with Crippen LogP contribution in [0.3, 0.4) is 0 Å². The molecule has 0 fully saturated rings. The van der Waals surface area contributed by atoms with Crippen molar-refractivity contribution in [2.75, 3.05) is 39.6 Å². The topological polar surface area (TPSA) is 167 Å². The van der Waals surface area contributed by atoms with Gasteiger partial charge in [0, 0.05) is 19.3 Å². The van der Waals surface area contributed by atoms with Crippen LogP contribution in [0.15, 0.2) is 36.4 Å². The lowest BCUT2D eigenvalue weighted by Gasteiger charge is -2.21. The Labute approximate surface area is 583 Å². The van der Waals surface area contributed by atoms with Gasteiger partial charge in [-0.05, 0) is 127 Å². The number of carboxylic acids is 3. The quantitative estimate of drug-likeness (QED) is 0.0283. The molecule has 0 unspecified atom stereocenters. The van der Waals surface area contributed by atoms with Crippen LogP contribution in [0.1, 0.15) is 367 Å². The maximum absolute atomic E-state index is 11.0. The molecule has 546 valence electrons.